The van der Waals surface area contributed by atoms with Crippen LogP contribution < -0.4 is 4.74 Å². The number of nitrogens with zero attached hydrogens (tertiary/aromatic N) is 2. The molecule has 3 aliphatic rings. The minimum absolute atomic E-state index is 0.144. The minimum atomic E-state index is 0.144. The molecule has 30 heavy (non-hydrogen) atoms. The fraction of sp³-hybridized carbons (Fsp3) is 0.500. The van der Waals surface area contributed by atoms with Crippen LogP contribution in [0.3, 0.4) is 0 Å². The number of amides is 1. The van der Waals surface area contributed by atoms with Crippen LogP contribution in [0.15, 0.2) is 48.5 Å². The molecule has 0 aromatic heterocycles. The zero-order valence-corrected chi connectivity index (χ0v) is 17.8. The standard InChI is InChI=1S/C26H32N2O2/c29-26(28-14-3-4-15-28)22-8-5-9-25(19-22)30-24-12-16-27(17-13-24)23-11-10-20-6-1-2-7-21(20)18-23/h1-2,5-9,19,23-24H,3-4,10-18H2/t23-/m0/s1. The van der Waals surface area contributed by atoms with Gasteiger partial charge in [-0.05, 0) is 74.3 Å². The van der Waals surface area contributed by atoms with Gasteiger partial charge in [-0.15, -0.1) is 0 Å². The molecule has 1 aliphatic carbocycles. The van der Waals surface area contributed by atoms with Crippen molar-refractivity contribution < 1.29 is 9.53 Å². The molecule has 5 rings (SSSR count). The second-order valence-corrected chi connectivity index (χ2v) is 9.05. The van der Waals surface area contributed by atoms with Crippen molar-refractivity contribution in [3.05, 3.63) is 65.2 Å². The predicted octanol–water partition coefficient (Wildman–Crippen LogP) is 4.32. The quantitative estimate of drug-likeness (QED) is 0.761. The number of ether oxygens (including phenoxy) is 1. The average Bonchev–Trinajstić information content (AvgIpc) is 3.34. The fourth-order valence-electron chi connectivity index (χ4n) is 5.35. The predicted molar refractivity (Wildman–Crippen MR) is 119 cm³/mol. The van der Waals surface area contributed by atoms with Gasteiger partial charge in [-0.2, -0.15) is 0 Å². The smallest absolute Gasteiger partial charge is 0.253 e. The summed E-state index contributed by atoms with van der Waals surface area (Å²) >= 11 is 0. The molecule has 2 aliphatic heterocycles. The molecule has 2 aromatic rings. The largest absolute Gasteiger partial charge is 0.490 e. The SMILES string of the molecule is O=C(c1cccc(OC2CCN([C@H]3CCc4ccccc4C3)CC2)c1)N1CCCC1. The average molecular weight is 405 g/mol. The third-order valence-corrected chi connectivity index (χ3v) is 7.09. The molecule has 0 radical (unpaired) electrons. The van der Waals surface area contributed by atoms with Crippen molar-refractivity contribution in [1.29, 1.82) is 0 Å². The summed E-state index contributed by atoms with van der Waals surface area (Å²) in [7, 11) is 0. The van der Waals surface area contributed by atoms with Crippen molar-refractivity contribution >= 4 is 5.91 Å². The number of carbonyl (C=O) groups is 1. The molecule has 0 saturated carbocycles. The fourth-order valence-corrected chi connectivity index (χ4v) is 5.35. The summed E-state index contributed by atoms with van der Waals surface area (Å²) in [5.41, 5.74) is 3.83. The van der Waals surface area contributed by atoms with Crippen LogP contribution in [0.2, 0.25) is 0 Å². The Labute approximate surface area is 179 Å². The Kier molecular flexibility index (Phi) is 5.76. The number of carbonyl (C=O) groups excluding carboxylic acids is 1. The van der Waals surface area contributed by atoms with Gasteiger partial charge in [0.25, 0.3) is 5.91 Å². The first-order valence-electron chi connectivity index (χ1n) is 11.6. The molecule has 158 valence electrons. The van der Waals surface area contributed by atoms with E-state index in [2.05, 4.69) is 29.2 Å². The topological polar surface area (TPSA) is 32.8 Å². The summed E-state index contributed by atoms with van der Waals surface area (Å²) in [4.78, 5) is 17.3. The van der Waals surface area contributed by atoms with Crippen molar-refractivity contribution in [2.45, 2.75) is 57.1 Å². The first-order chi connectivity index (χ1) is 14.8. The lowest BCUT2D eigenvalue weighted by atomic mass is 9.86. The highest BCUT2D eigenvalue weighted by Crippen LogP contribution is 2.28. The zero-order chi connectivity index (χ0) is 20.3. The number of rotatable bonds is 4. The second kappa shape index (κ2) is 8.81. The Morgan fingerprint density at radius 2 is 1.63 bits per heavy atom. The van der Waals surface area contributed by atoms with E-state index in [1.54, 1.807) is 0 Å². The van der Waals surface area contributed by atoms with Gasteiger partial charge in [0.1, 0.15) is 11.9 Å². The Morgan fingerprint density at radius 1 is 0.867 bits per heavy atom. The molecule has 2 saturated heterocycles. The maximum Gasteiger partial charge on any atom is 0.253 e. The lowest BCUT2D eigenvalue weighted by Crippen LogP contribution is -2.46. The van der Waals surface area contributed by atoms with Gasteiger partial charge >= 0.3 is 0 Å². The summed E-state index contributed by atoms with van der Waals surface area (Å²) in [5.74, 6) is 0.982. The third-order valence-electron chi connectivity index (χ3n) is 7.09. The lowest BCUT2D eigenvalue weighted by molar-refractivity contribution is 0.0703. The lowest BCUT2D eigenvalue weighted by Gasteiger charge is -2.39. The minimum Gasteiger partial charge on any atom is -0.490 e. The first kappa shape index (κ1) is 19.6. The highest BCUT2D eigenvalue weighted by atomic mass is 16.5. The van der Waals surface area contributed by atoms with Crippen molar-refractivity contribution in [2.24, 2.45) is 0 Å². The van der Waals surface area contributed by atoms with Crippen LogP contribution in [-0.2, 0) is 12.8 Å². The van der Waals surface area contributed by atoms with E-state index in [9.17, 15) is 4.79 Å². The third kappa shape index (κ3) is 4.24. The molecular formula is C26H32N2O2. The van der Waals surface area contributed by atoms with Crippen LogP contribution in [0.5, 0.6) is 5.75 Å². The van der Waals surface area contributed by atoms with Gasteiger partial charge in [0, 0.05) is 37.8 Å². The molecule has 0 bridgehead atoms. The molecule has 4 heteroatoms. The van der Waals surface area contributed by atoms with Crippen LogP contribution in [-0.4, -0.2) is 54.0 Å². The number of fused-ring (bicyclic) bond motifs is 1. The van der Waals surface area contributed by atoms with Gasteiger partial charge in [-0.1, -0.05) is 30.3 Å². The maximum absolute atomic E-state index is 12.7. The second-order valence-electron chi connectivity index (χ2n) is 9.05. The molecule has 2 fully saturated rings. The van der Waals surface area contributed by atoms with Crippen LogP contribution in [0.25, 0.3) is 0 Å². The van der Waals surface area contributed by atoms with E-state index in [-0.39, 0.29) is 12.0 Å². The highest BCUT2D eigenvalue weighted by Gasteiger charge is 2.29. The van der Waals surface area contributed by atoms with Crippen molar-refractivity contribution in [2.75, 3.05) is 26.2 Å². The van der Waals surface area contributed by atoms with Crippen LogP contribution in [0.4, 0.5) is 0 Å². The monoisotopic (exact) mass is 404 g/mol. The van der Waals surface area contributed by atoms with Gasteiger partial charge in [0.15, 0.2) is 0 Å². The molecule has 1 amide bonds. The molecule has 2 aromatic carbocycles. The Morgan fingerprint density at radius 3 is 2.43 bits per heavy atom. The van der Waals surface area contributed by atoms with Crippen LogP contribution in [0.1, 0.15) is 53.6 Å². The summed E-state index contributed by atoms with van der Waals surface area (Å²) in [6, 6.07) is 17.4. The van der Waals surface area contributed by atoms with Gasteiger partial charge in [-0.3, -0.25) is 9.69 Å². The molecule has 4 nitrogen and oxygen atoms in total. The molecule has 2 heterocycles. The van der Waals surface area contributed by atoms with E-state index in [1.807, 2.05) is 29.2 Å². The van der Waals surface area contributed by atoms with Crippen molar-refractivity contribution in [1.82, 2.24) is 9.80 Å². The van der Waals surface area contributed by atoms with Crippen LogP contribution in [0, 0.1) is 0 Å². The van der Waals surface area contributed by atoms with Gasteiger partial charge in [-0.25, -0.2) is 0 Å². The summed E-state index contributed by atoms with van der Waals surface area (Å²) in [6.45, 7) is 3.97. The van der Waals surface area contributed by atoms with E-state index in [0.717, 1.165) is 63.2 Å². The number of hydrogen-bond donors (Lipinski definition) is 0. The number of hydrogen-bond acceptors (Lipinski definition) is 3. The molecule has 0 spiro atoms. The Hall–Kier alpha value is -2.33. The number of benzene rings is 2. The summed E-state index contributed by atoms with van der Waals surface area (Å²) in [5, 5.41) is 0. The van der Waals surface area contributed by atoms with E-state index in [4.69, 9.17) is 4.74 Å². The molecular weight excluding hydrogens is 372 g/mol. The Bertz CT molecular complexity index is 882. The normalized spacial score (nSPS) is 22.7. The van der Waals surface area contributed by atoms with Crippen molar-refractivity contribution in [3.8, 4) is 5.75 Å². The van der Waals surface area contributed by atoms with Gasteiger partial charge in [0.05, 0.1) is 0 Å². The van der Waals surface area contributed by atoms with Crippen molar-refractivity contribution in [3.63, 3.8) is 0 Å². The van der Waals surface area contributed by atoms with E-state index in [0.29, 0.717) is 6.04 Å². The molecule has 0 unspecified atom stereocenters. The molecule has 0 N–H and O–H groups in total. The van der Waals surface area contributed by atoms with E-state index < -0.39 is 0 Å². The van der Waals surface area contributed by atoms with Crippen LogP contribution >= 0.6 is 0 Å². The van der Waals surface area contributed by atoms with Gasteiger partial charge in [0.2, 0.25) is 0 Å². The summed E-state index contributed by atoms with van der Waals surface area (Å²) < 4.78 is 6.30. The Balaban J connectivity index is 1.15. The number of likely N-dealkylation sites (tertiary alicyclic amines) is 2. The number of piperidine rings is 1. The number of aryl methyl sites for hydroxylation is 1. The zero-order valence-electron chi connectivity index (χ0n) is 17.8. The summed E-state index contributed by atoms with van der Waals surface area (Å²) in [6.07, 6.45) is 8.25. The molecule has 1 atom stereocenters. The first-order valence-corrected chi connectivity index (χ1v) is 11.6. The van der Waals surface area contributed by atoms with E-state index in [1.165, 1.54) is 30.4 Å². The highest BCUT2D eigenvalue weighted by molar-refractivity contribution is 5.94. The maximum atomic E-state index is 12.7. The van der Waals surface area contributed by atoms with Gasteiger partial charge < -0.3 is 9.64 Å². The van der Waals surface area contributed by atoms with E-state index >= 15 is 0 Å².